The summed E-state index contributed by atoms with van der Waals surface area (Å²) in [4.78, 5) is 16.1. The predicted octanol–water partition coefficient (Wildman–Crippen LogP) is 2.54. The van der Waals surface area contributed by atoms with E-state index in [1.807, 2.05) is 12.1 Å². The lowest BCUT2D eigenvalue weighted by atomic mass is 10.1. The van der Waals surface area contributed by atoms with Crippen molar-refractivity contribution in [2.45, 2.75) is 45.1 Å². The van der Waals surface area contributed by atoms with Gasteiger partial charge in [0, 0.05) is 12.8 Å². The van der Waals surface area contributed by atoms with Gasteiger partial charge in [-0.15, -0.1) is 0 Å². The summed E-state index contributed by atoms with van der Waals surface area (Å²) in [6, 6.07) is 3.87. The minimum Gasteiger partial charge on any atom is -0.378 e. The minimum atomic E-state index is -0.00435. The quantitative estimate of drug-likeness (QED) is 0.890. The van der Waals surface area contributed by atoms with Crippen molar-refractivity contribution >= 4 is 11.7 Å². The van der Waals surface area contributed by atoms with Gasteiger partial charge in [0.25, 0.3) is 0 Å². The Morgan fingerprint density at radius 1 is 1.56 bits per heavy atom. The van der Waals surface area contributed by atoms with Gasteiger partial charge in [-0.25, -0.2) is 4.98 Å². The zero-order chi connectivity index (χ0) is 12.8. The predicted molar refractivity (Wildman–Crippen MR) is 70.5 cm³/mol. The molecule has 2 heterocycles. The summed E-state index contributed by atoms with van der Waals surface area (Å²) in [6.45, 7) is 2.83. The second-order valence-electron chi connectivity index (χ2n) is 4.61. The van der Waals surface area contributed by atoms with Gasteiger partial charge < -0.3 is 10.1 Å². The molecule has 1 aliphatic heterocycles. The van der Waals surface area contributed by atoms with Gasteiger partial charge >= 0.3 is 0 Å². The van der Waals surface area contributed by atoms with Crippen LogP contribution in [0.15, 0.2) is 18.3 Å². The molecule has 1 N–H and O–H groups in total. The summed E-state index contributed by atoms with van der Waals surface area (Å²) in [5.74, 6) is 0.677. The summed E-state index contributed by atoms with van der Waals surface area (Å²) in [6.07, 6.45) is 6.32. The molecule has 98 valence electrons. The highest BCUT2D eigenvalue weighted by molar-refractivity contribution is 5.90. The molecule has 0 saturated carbocycles. The lowest BCUT2D eigenvalue weighted by Crippen LogP contribution is -2.26. The number of rotatable bonds is 4. The van der Waals surface area contributed by atoms with Gasteiger partial charge in [0.1, 0.15) is 5.82 Å². The number of nitrogens with zero attached hydrogens (tertiary/aromatic N) is 1. The average Bonchev–Trinajstić information content (AvgIpc) is 2.40. The van der Waals surface area contributed by atoms with Crippen LogP contribution in [0.3, 0.4) is 0 Å². The summed E-state index contributed by atoms with van der Waals surface area (Å²) in [7, 11) is 0. The maximum absolute atomic E-state index is 11.9. The first-order chi connectivity index (χ1) is 8.79. The van der Waals surface area contributed by atoms with E-state index in [0.717, 1.165) is 37.9 Å². The smallest absolute Gasteiger partial charge is 0.228 e. The van der Waals surface area contributed by atoms with Crippen molar-refractivity contribution in [1.82, 2.24) is 4.98 Å². The Morgan fingerprint density at radius 2 is 2.44 bits per heavy atom. The van der Waals surface area contributed by atoms with Crippen LogP contribution in [-0.4, -0.2) is 23.6 Å². The molecule has 0 aromatic carbocycles. The van der Waals surface area contributed by atoms with Crippen LogP contribution in [0.1, 0.15) is 38.2 Å². The van der Waals surface area contributed by atoms with Crippen LogP contribution in [0, 0.1) is 0 Å². The number of ether oxygens (including phenoxy) is 1. The lowest BCUT2D eigenvalue weighted by Gasteiger charge is -2.22. The zero-order valence-corrected chi connectivity index (χ0v) is 10.8. The molecule has 0 aliphatic carbocycles. The standard InChI is InChI=1S/C14H20N2O2/c1-2-11-6-5-8-15-14(11)16-13(17)10-12-7-3-4-9-18-12/h5-6,8,12H,2-4,7,9-10H2,1H3,(H,15,16,17). The fourth-order valence-corrected chi connectivity index (χ4v) is 2.19. The van der Waals surface area contributed by atoms with E-state index in [2.05, 4.69) is 17.2 Å². The van der Waals surface area contributed by atoms with Crippen molar-refractivity contribution in [2.75, 3.05) is 11.9 Å². The number of anilines is 1. The fourth-order valence-electron chi connectivity index (χ4n) is 2.19. The Morgan fingerprint density at radius 3 is 3.17 bits per heavy atom. The Labute approximate surface area is 108 Å². The van der Waals surface area contributed by atoms with Crippen molar-refractivity contribution in [2.24, 2.45) is 0 Å². The molecular weight excluding hydrogens is 228 g/mol. The van der Waals surface area contributed by atoms with Gasteiger partial charge in [-0.2, -0.15) is 0 Å². The normalized spacial score (nSPS) is 19.5. The fraction of sp³-hybridized carbons (Fsp3) is 0.571. The van der Waals surface area contributed by atoms with E-state index in [1.165, 1.54) is 0 Å². The molecule has 1 aromatic rings. The SMILES string of the molecule is CCc1cccnc1NC(=O)CC1CCCCO1. The second-order valence-corrected chi connectivity index (χ2v) is 4.61. The highest BCUT2D eigenvalue weighted by Gasteiger charge is 2.18. The molecular formula is C14H20N2O2. The van der Waals surface area contributed by atoms with E-state index in [-0.39, 0.29) is 12.0 Å². The molecule has 1 unspecified atom stereocenters. The number of carbonyl (C=O) groups is 1. The number of carbonyl (C=O) groups excluding carboxylic acids is 1. The van der Waals surface area contributed by atoms with Crippen molar-refractivity contribution in [3.8, 4) is 0 Å². The molecule has 0 bridgehead atoms. The molecule has 1 aliphatic rings. The molecule has 1 aromatic heterocycles. The van der Waals surface area contributed by atoms with Crippen LogP contribution in [0.5, 0.6) is 0 Å². The lowest BCUT2D eigenvalue weighted by molar-refractivity contribution is -0.119. The molecule has 1 saturated heterocycles. The van der Waals surface area contributed by atoms with Crippen LogP contribution >= 0.6 is 0 Å². The zero-order valence-electron chi connectivity index (χ0n) is 10.8. The molecule has 4 nitrogen and oxygen atoms in total. The molecule has 0 radical (unpaired) electrons. The number of aromatic nitrogens is 1. The van der Waals surface area contributed by atoms with Crippen molar-refractivity contribution in [3.05, 3.63) is 23.9 Å². The molecule has 1 fully saturated rings. The highest BCUT2D eigenvalue weighted by Crippen LogP contribution is 2.17. The van der Waals surface area contributed by atoms with Gasteiger partial charge in [0.15, 0.2) is 0 Å². The Hall–Kier alpha value is -1.42. The van der Waals surface area contributed by atoms with Crippen molar-refractivity contribution in [3.63, 3.8) is 0 Å². The number of aryl methyl sites for hydroxylation is 1. The number of hydrogen-bond donors (Lipinski definition) is 1. The van der Waals surface area contributed by atoms with E-state index in [4.69, 9.17) is 4.74 Å². The first-order valence-electron chi connectivity index (χ1n) is 6.65. The number of nitrogens with one attached hydrogen (secondary N) is 1. The van der Waals surface area contributed by atoms with Crippen molar-refractivity contribution < 1.29 is 9.53 Å². The maximum Gasteiger partial charge on any atom is 0.228 e. The van der Waals surface area contributed by atoms with Crippen LogP contribution in [0.25, 0.3) is 0 Å². The van der Waals surface area contributed by atoms with Gasteiger partial charge in [-0.05, 0) is 37.3 Å². The third-order valence-corrected chi connectivity index (χ3v) is 3.22. The van der Waals surface area contributed by atoms with Crippen LogP contribution in [0.2, 0.25) is 0 Å². The average molecular weight is 248 g/mol. The first-order valence-corrected chi connectivity index (χ1v) is 6.65. The van der Waals surface area contributed by atoms with Crippen LogP contribution < -0.4 is 5.32 Å². The molecule has 18 heavy (non-hydrogen) atoms. The third kappa shape index (κ3) is 3.53. The summed E-state index contributed by atoms with van der Waals surface area (Å²) >= 11 is 0. The van der Waals surface area contributed by atoms with Gasteiger partial charge in [-0.1, -0.05) is 13.0 Å². The van der Waals surface area contributed by atoms with E-state index in [9.17, 15) is 4.79 Å². The highest BCUT2D eigenvalue weighted by atomic mass is 16.5. The molecule has 1 amide bonds. The Kier molecular flexibility index (Phi) is 4.70. The van der Waals surface area contributed by atoms with E-state index in [1.54, 1.807) is 6.20 Å². The topological polar surface area (TPSA) is 51.2 Å². The van der Waals surface area contributed by atoms with Gasteiger partial charge in [-0.3, -0.25) is 4.79 Å². The summed E-state index contributed by atoms with van der Waals surface area (Å²) in [5.41, 5.74) is 1.07. The van der Waals surface area contributed by atoms with E-state index >= 15 is 0 Å². The van der Waals surface area contributed by atoms with E-state index in [0.29, 0.717) is 12.2 Å². The second kappa shape index (κ2) is 6.50. The summed E-state index contributed by atoms with van der Waals surface area (Å²) < 4.78 is 5.56. The summed E-state index contributed by atoms with van der Waals surface area (Å²) in [5, 5.41) is 2.88. The van der Waals surface area contributed by atoms with Crippen molar-refractivity contribution in [1.29, 1.82) is 0 Å². The largest absolute Gasteiger partial charge is 0.378 e. The van der Waals surface area contributed by atoms with Crippen LogP contribution in [0.4, 0.5) is 5.82 Å². The van der Waals surface area contributed by atoms with E-state index < -0.39 is 0 Å². The molecule has 0 spiro atoms. The minimum absolute atomic E-state index is 0.00435. The number of pyridine rings is 1. The number of hydrogen-bond acceptors (Lipinski definition) is 3. The van der Waals surface area contributed by atoms with Gasteiger partial charge in [0.2, 0.25) is 5.91 Å². The molecule has 2 rings (SSSR count). The maximum atomic E-state index is 11.9. The van der Waals surface area contributed by atoms with Crippen LogP contribution in [-0.2, 0) is 16.0 Å². The third-order valence-electron chi connectivity index (χ3n) is 3.22. The monoisotopic (exact) mass is 248 g/mol. The Bertz CT molecular complexity index is 401. The molecule has 1 atom stereocenters. The Balaban J connectivity index is 1.90. The first kappa shape index (κ1) is 13.0. The molecule has 4 heteroatoms. The van der Waals surface area contributed by atoms with Gasteiger partial charge in [0.05, 0.1) is 12.5 Å². The number of amides is 1.